The topological polar surface area (TPSA) is 84.9 Å². The molecule has 0 aliphatic heterocycles. The van der Waals surface area contributed by atoms with Gasteiger partial charge in [-0.1, -0.05) is 19.9 Å². The fraction of sp³-hybridized carbons (Fsp3) is 0.550. The zero-order valence-corrected chi connectivity index (χ0v) is 16.4. The Morgan fingerprint density at radius 1 is 1.22 bits per heavy atom. The number of hydrogen-bond donors (Lipinski definition) is 1. The third-order valence-corrected chi connectivity index (χ3v) is 4.33. The molecule has 2 amide bonds. The lowest BCUT2D eigenvalue weighted by molar-refractivity contribution is -0.153. The van der Waals surface area contributed by atoms with Gasteiger partial charge in [-0.3, -0.25) is 9.59 Å². The van der Waals surface area contributed by atoms with Gasteiger partial charge >= 0.3 is 5.97 Å². The van der Waals surface area contributed by atoms with Crippen molar-refractivity contribution >= 4 is 17.8 Å². The molecule has 148 valence electrons. The van der Waals surface area contributed by atoms with Gasteiger partial charge in [0.1, 0.15) is 5.75 Å². The van der Waals surface area contributed by atoms with Crippen LogP contribution >= 0.6 is 0 Å². The molecule has 2 rings (SSSR count). The zero-order valence-electron chi connectivity index (χ0n) is 16.4. The first-order chi connectivity index (χ1) is 12.8. The number of rotatable bonds is 9. The Bertz CT molecular complexity index is 698. The van der Waals surface area contributed by atoms with Crippen LogP contribution in [0.4, 0.5) is 0 Å². The Labute approximate surface area is 160 Å². The first kappa shape index (κ1) is 20.7. The van der Waals surface area contributed by atoms with Crippen molar-refractivity contribution in [2.75, 3.05) is 26.8 Å². The Morgan fingerprint density at radius 3 is 2.52 bits per heavy atom. The van der Waals surface area contributed by atoms with E-state index in [1.165, 1.54) is 17.5 Å². The molecule has 1 fully saturated rings. The number of carbonyl (C=O) groups excluding carboxylic acids is 3. The summed E-state index contributed by atoms with van der Waals surface area (Å²) in [5, 5.41) is 2.80. The highest BCUT2D eigenvalue weighted by atomic mass is 16.6. The van der Waals surface area contributed by atoms with Gasteiger partial charge in [0.25, 0.3) is 5.91 Å². The number of esters is 1. The molecule has 1 N–H and O–H groups in total. The van der Waals surface area contributed by atoms with Crippen molar-refractivity contribution in [2.45, 2.75) is 45.6 Å². The average Bonchev–Trinajstić information content (AvgIpc) is 3.41. The zero-order chi connectivity index (χ0) is 20.0. The summed E-state index contributed by atoms with van der Waals surface area (Å²) in [6.45, 7) is 5.48. The average molecular weight is 376 g/mol. The Hall–Kier alpha value is -2.57. The number of amides is 2. The molecule has 0 atom stereocenters. The molecule has 1 aliphatic rings. The molecule has 0 heterocycles. The van der Waals surface area contributed by atoms with E-state index in [1.54, 1.807) is 0 Å². The van der Waals surface area contributed by atoms with Crippen LogP contribution in [0.1, 0.15) is 43.7 Å². The van der Waals surface area contributed by atoms with Gasteiger partial charge in [-0.05, 0) is 48.9 Å². The van der Waals surface area contributed by atoms with Crippen LogP contribution in [0, 0.1) is 6.92 Å². The van der Waals surface area contributed by atoms with Gasteiger partial charge in [0.15, 0.2) is 13.2 Å². The molecule has 1 saturated carbocycles. The summed E-state index contributed by atoms with van der Waals surface area (Å²) >= 11 is 0. The lowest BCUT2D eigenvalue weighted by Crippen LogP contribution is -2.40. The number of likely N-dealkylation sites (N-methyl/N-ethyl adjacent to an activating group) is 1. The Kier molecular flexibility index (Phi) is 7.21. The maximum absolute atomic E-state index is 11.9. The van der Waals surface area contributed by atoms with Crippen LogP contribution in [-0.2, 0) is 19.1 Å². The highest BCUT2D eigenvalue weighted by molar-refractivity contribution is 5.86. The molecule has 0 bridgehead atoms. The van der Waals surface area contributed by atoms with Crippen LogP contribution in [0.15, 0.2) is 18.2 Å². The molecule has 1 aromatic carbocycles. The van der Waals surface area contributed by atoms with Crippen molar-refractivity contribution < 1.29 is 23.9 Å². The Balaban J connectivity index is 1.69. The molecule has 0 unspecified atom stereocenters. The van der Waals surface area contributed by atoms with Crippen molar-refractivity contribution in [3.63, 3.8) is 0 Å². The standard InChI is InChI=1S/C20H28N2O5/c1-13(2)17-8-7-16(9-14(17)3)26-12-20(25)27-11-19(24)22(4)10-18(23)21-15-5-6-15/h7-9,13,15H,5-6,10-12H2,1-4H3,(H,21,23). The van der Waals surface area contributed by atoms with Crippen LogP contribution in [-0.4, -0.2) is 55.5 Å². The van der Waals surface area contributed by atoms with E-state index in [0.717, 1.165) is 18.4 Å². The molecule has 27 heavy (non-hydrogen) atoms. The van der Waals surface area contributed by atoms with Gasteiger partial charge in [-0.2, -0.15) is 0 Å². The summed E-state index contributed by atoms with van der Waals surface area (Å²) in [5.74, 6) is -0.285. The normalized spacial score (nSPS) is 13.2. The van der Waals surface area contributed by atoms with E-state index in [1.807, 2.05) is 25.1 Å². The first-order valence-electron chi connectivity index (χ1n) is 9.18. The summed E-state index contributed by atoms with van der Waals surface area (Å²) in [6.07, 6.45) is 1.97. The maximum atomic E-state index is 11.9. The minimum Gasteiger partial charge on any atom is -0.482 e. The van der Waals surface area contributed by atoms with Crippen LogP contribution in [0.2, 0.25) is 0 Å². The number of ether oxygens (including phenoxy) is 2. The second-order valence-corrected chi connectivity index (χ2v) is 7.21. The highest BCUT2D eigenvalue weighted by Crippen LogP contribution is 2.23. The molecule has 7 nitrogen and oxygen atoms in total. The molecule has 0 aromatic heterocycles. The number of nitrogens with zero attached hydrogens (tertiary/aromatic N) is 1. The molecular weight excluding hydrogens is 348 g/mol. The molecule has 0 spiro atoms. The second-order valence-electron chi connectivity index (χ2n) is 7.21. The number of nitrogens with one attached hydrogen (secondary N) is 1. The number of aryl methyl sites for hydroxylation is 1. The van der Waals surface area contributed by atoms with E-state index in [4.69, 9.17) is 9.47 Å². The van der Waals surface area contributed by atoms with E-state index in [9.17, 15) is 14.4 Å². The van der Waals surface area contributed by atoms with Crippen LogP contribution < -0.4 is 10.1 Å². The summed E-state index contributed by atoms with van der Waals surface area (Å²) in [7, 11) is 1.50. The smallest absolute Gasteiger partial charge is 0.344 e. The minimum atomic E-state index is -0.634. The SMILES string of the molecule is Cc1cc(OCC(=O)OCC(=O)N(C)CC(=O)NC2CC2)ccc1C(C)C. The minimum absolute atomic E-state index is 0.0507. The number of hydrogen-bond acceptors (Lipinski definition) is 5. The van der Waals surface area contributed by atoms with Gasteiger partial charge in [-0.15, -0.1) is 0 Å². The van der Waals surface area contributed by atoms with Gasteiger partial charge in [-0.25, -0.2) is 4.79 Å². The molecular formula is C20H28N2O5. The van der Waals surface area contributed by atoms with E-state index < -0.39 is 18.5 Å². The van der Waals surface area contributed by atoms with E-state index in [2.05, 4.69) is 19.2 Å². The van der Waals surface area contributed by atoms with Crippen molar-refractivity contribution in [3.05, 3.63) is 29.3 Å². The van der Waals surface area contributed by atoms with Crippen molar-refractivity contribution in [1.82, 2.24) is 10.2 Å². The fourth-order valence-electron chi connectivity index (χ4n) is 2.63. The van der Waals surface area contributed by atoms with Gasteiger partial charge in [0, 0.05) is 13.1 Å². The lowest BCUT2D eigenvalue weighted by atomic mass is 9.98. The van der Waals surface area contributed by atoms with Gasteiger partial charge in [0.05, 0.1) is 6.54 Å². The number of carbonyl (C=O) groups is 3. The highest BCUT2D eigenvalue weighted by Gasteiger charge is 2.24. The van der Waals surface area contributed by atoms with E-state index >= 15 is 0 Å². The van der Waals surface area contributed by atoms with Crippen LogP contribution in [0.3, 0.4) is 0 Å². The fourth-order valence-corrected chi connectivity index (χ4v) is 2.63. The molecule has 7 heteroatoms. The monoisotopic (exact) mass is 376 g/mol. The summed E-state index contributed by atoms with van der Waals surface area (Å²) in [5.41, 5.74) is 2.32. The predicted octanol–water partition coefficient (Wildman–Crippen LogP) is 1.78. The number of benzene rings is 1. The largest absolute Gasteiger partial charge is 0.482 e. The van der Waals surface area contributed by atoms with Crippen LogP contribution in [0.25, 0.3) is 0 Å². The molecule has 0 saturated heterocycles. The second kappa shape index (κ2) is 9.39. The predicted molar refractivity (Wildman–Crippen MR) is 101 cm³/mol. The van der Waals surface area contributed by atoms with E-state index in [0.29, 0.717) is 11.7 Å². The summed E-state index contributed by atoms with van der Waals surface area (Å²) in [6, 6.07) is 5.91. The van der Waals surface area contributed by atoms with Gasteiger partial charge in [0.2, 0.25) is 5.91 Å². The lowest BCUT2D eigenvalue weighted by Gasteiger charge is -2.16. The molecule has 1 aromatic rings. The van der Waals surface area contributed by atoms with E-state index in [-0.39, 0.29) is 25.1 Å². The summed E-state index contributed by atoms with van der Waals surface area (Å²) < 4.78 is 10.4. The Morgan fingerprint density at radius 2 is 1.93 bits per heavy atom. The summed E-state index contributed by atoms with van der Waals surface area (Å²) in [4.78, 5) is 36.6. The van der Waals surface area contributed by atoms with Crippen LogP contribution in [0.5, 0.6) is 5.75 Å². The molecule has 0 radical (unpaired) electrons. The molecule has 1 aliphatic carbocycles. The van der Waals surface area contributed by atoms with Gasteiger partial charge < -0.3 is 19.7 Å². The maximum Gasteiger partial charge on any atom is 0.344 e. The van der Waals surface area contributed by atoms with Crippen molar-refractivity contribution in [2.24, 2.45) is 0 Å². The van der Waals surface area contributed by atoms with Crippen molar-refractivity contribution in [1.29, 1.82) is 0 Å². The quantitative estimate of drug-likeness (QED) is 0.664. The first-order valence-corrected chi connectivity index (χ1v) is 9.18. The van der Waals surface area contributed by atoms with Crippen molar-refractivity contribution in [3.8, 4) is 5.75 Å². The third kappa shape index (κ3) is 6.92. The third-order valence-electron chi connectivity index (χ3n) is 4.33.